The zero-order valence-corrected chi connectivity index (χ0v) is 16.5. The Labute approximate surface area is 164 Å². The van der Waals surface area contributed by atoms with Crippen molar-refractivity contribution < 1.29 is 14.3 Å². The number of hydrogen-bond donors (Lipinski definition) is 0. The maximum atomic E-state index is 12.0. The molecule has 2 aliphatic rings. The van der Waals surface area contributed by atoms with Crippen LogP contribution in [0, 0.1) is 0 Å². The van der Waals surface area contributed by atoms with Crippen LogP contribution in [0.2, 0.25) is 0 Å². The number of piperidine rings is 1. The number of carbonyl (C=O) groups is 1. The molecule has 1 saturated heterocycles. The second kappa shape index (κ2) is 7.65. The summed E-state index contributed by atoms with van der Waals surface area (Å²) in [5.41, 5.74) is 2.44. The van der Waals surface area contributed by atoms with Crippen molar-refractivity contribution >= 4 is 11.9 Å². The number of nitrogens with zero attached hydrogens (tertiary/aromatic N) is 6. The van der Waals surface area contributed by atoms with Gasteiger partial charge in [-0.15, -0.1) is 0 Å². The van der Waals surface area contributed by atoms with Gasteiger partial charge in [0.15, 0.2) is 0 Å². The van der Waals surface area contributed by atoms with Crippen LogP contribution in [0.1, 0.15) is 37.9 Å². The van der Waals surface area contributed by atoms with Gasteiger partial charge in [-0.05, 0) is 13.8 Å². The third-order valence-corrected chi connectivity index (χ3v) is 5.13. The van der Waals surface area contributed by atoms with Gasteiger partial charge in [0.25, 0.3) is 0 Å². The molecule has 1 amide bonds. The molecule has 28 heavy (non-hydrogen) atoms. The summed E-state index contributed by atoms with van der Waals surface area (Å²) in [7, 11) is 1.96. The van der Waals surface area contributed by atoms with Crippen LogP contribution >= 0.6 is 0 Å². The molecule has 4 heterocycles. The number of aromatic nitrogens is 4. The Morgan fingerprint density at radius 1 is 1.21 bits per heavy atom. The Morgan fingerprint density at radius 2 is 2.00 bits per heavy atom. The zero-order chi connectivity index (χ0) is 19.7. The van der Waals surface area contributed by atoms with Crippen molar-refractivity contribution in [1.82, 2.24) is 24.6 Å². The van der Waals surface area contributed by atoms with Crippen LogP contribution in [-0.4, -0.2) is 56.0 Å². The van der Waals surface area contributed by atoms with Gasteiger partial charge >= 0.3 is 6.09 Å². The third kappa shape index (κ3) is 3.88. The van der Waals surface area contributed by atoms with Crippen LogP contribution in [0.4, 0.5) is 10.6 Å². The summed E-state index contributed by atoms with van der Waals surface area (Å²) in [5.74, 6) is 1.42. The summed E-state index contributed by atoms with van der Waals surface area (Å²) in [4.78, 5) is 24.6. The first kappa shape index (κ1) is 18.5. The molecular weight excluding hydrogens is 360 g/mol. The molecular formula is C19H26N6O3. The quantitative estimate of drug-likeness (QED) is 0.795. The van der Waals surface area contributed by atoms with E-state index in [-0.39, 0.29) is 18.3 Å². The largest absolute Gasteiger partial charge is 0.474 e. The summed E-state index contributed by atoms with van der Waals surface area (Å²) in [5, 5.41) is 4.29. The number of hydrogen-bond acceptors (Lipinski definition) is 7. The topological polar surface area (TPSA) is 85.6 Å². The van der Waals surface area contributed by atoms with Crippen molar-refractivity contribution in [3.63, 3.8) is 0 Å². The summed E-state index contributed by atoms with van der Waals surface area (Å²) in [6, 6.07) is 1.89. The van der Waals surface area contributed by atoms with Crippen LogP contribution in [0.3, 0.4) is 0 Å². The molecule has 2 aromatic heterocycles. The smallest absolute Gasteiger partial charge is 0.410 e. The molecule has 0 aromatic carbocycles. The number of anilines is 1. The maximum absolute atomic E-state index is 12.0. The molecule has 4 rings (SSSR count). The molecule has 1 fully saturated rings. The van der Waals surface area contributed by atoms with Crippen molar-refractivity contribution in [2.45, 2.75) is 52.0 Å². The van der Waals surface area contributed by atoms with E-state index in [2.05, 4.69) is 20.0 Å². The lowest BCUT2D eigenvalue weighted by atomic mass is 10.1. The first-order valence-corrected chi connectivity index (χ1v) is 9.68. The summed E-state index contributed by atoms with van der Waals surface area (Å²) in [6.45, 7) is 6.53. The van der Waals surface area contributed by atoms with E-state index in [1.807, 2.05) is 37.8 Å². The van der Waals surface area contributed by atoms with E-state index in [0.29, 0.717) is 19.0 Å². The molecule has 0 N–H and O–H groups in total. The number of aryl methyl sites for hydroxylation is 1. The summed E-state index contributed by atoms with van der Waals surface area (Å²) in [6.07, 6.45) is 4.65. The lowest BCUT2D eigenvalue weighted by Crippen LogP contribution is -2.42. The van der Waals surface area contributed by atoms with Gasteiger partial charge in [-0.3, -0.25) is 4.68 Å². The fourth-order valence-electron chi connectivity index (χ4n) is 3.62. The molecule has 150 valence electrons. The van der Waals surface area contributed by atoms with Crippen molar-refractivity contribution in [1.29, 1.82) is 0 Å². The Bertz CT molecular complexity index is 844. The highest BCUT2D eigenvalue weighted by molar-refractivity contribution is 5.67. The number of carbonyl (C=O) groups excluding carboxylic acids is 1. The van der Waals surface area contributed by atoms with Gasteiger partial charge in [-0.2, -0.15) is 5.10 Å². The molecule has 2 aliphatic heterocycles. The highest BCUT2D eigenvalue weighted by atomic mass is 16.6. The van der Waals surface area contributed by atoms with Crippen molar-refractivity contribution in [2.75, 3.05) is 18.0 Å². The SMILES string of the molecule is CC(C)OC(=O)N1CCC(Oc2cc(N3Cc4cnn(C)c4C3)ncn2)CC1. The molecule has 0 saturated carbocycles. The van der Waals surface area contributed by atoms with Crippen LogP contribution in [0.15, 0.2) is 18.6 Å². The Balaban J connectivity index is 1.33. The molecule has 0 aliphatic carbocycles. The van der Waals surface area contributed by atoms with Crippen LogP contribution in [0.5, 0.6) is 5.88 Å². The highest BCUT2D eigenvalue weighted by Gasteiger charge is 2.27. The predicted octanol–water partition coefficient (Wildman–Crippen LogP) is 2.12. The monoisotopic (exact) mass is 386 g/mol. The Hall–Kier alpha value is -2.84. The molecule has 2 aromatic rings. The summed E-state index contributed by atoms with van der Waals surface area (Å²) >= 11 is 0. The van der Waals surface area contributed by atoms with Crippen LogP contribution < -0.4 is 9.64 Å². The van der Waals surface area contributed by atoms with Gasteiger partial charge in [0.1, 0.15) is 18.2 Å². The Morgan fingerprint density at radius 3 is 2.71 bits per heavy atom. The van der Waals surface area contributed by atoms with Crippen molar-refractivity contribution in [2.24, 2.45) is 7.05 Å². The lowest BCUT2D eigenvalue weighted by molar-refractivity contribution is 0.0507. The first-order valence-electron chi connectivity index (χ1n) is 9.68. The van der Waals surface area contributed by atoms with E-state index in [4.69, 9.17) is 9.47 Å². The van der Waals surface area contributed by atoms with Gasteiger partial charge in [0.2, 0.25) is 5.88 Å². The number of amides is 1. The predicted molar refractivity (Wildman–Crippen MR) is 102 cm³/mol. The number of fused-ring (bicyclic) bond motifs is 1. The third-order valence-electron chi connectivity index (χ3n) is 5.13. The minimum atomic E-state index is -0.249. The summed E-state index contributed by atoms with van der Waals surface area (Å²) < 4.78 is 13.2. The lowest BCUT2D eigenvalue weighted by Gasteiger charge is -2.31. The molecule has 0 bridgehead atoms. The molecule has 0 atom stereocenters. The normalized spacial score (nSPS) is 17.1. The van der Waals surface area contributed by atoms with E-state index in [9.17, 15) is 4.79 Å². The standard InChI is InChI=1S/C19H26N6O3/c1-13(2)27-19(26)24-6-4-15(5-7-24)28-18-8-17(20-12-21-18)25-10-14-9-22-23(3)16(14)11-25/h8-9,12-13,15H,4-7,10-11H2,1-3H3. The molecule has 0 spiro atoms. The zero-order valence-electron chi connectivity index (χ0n) is 16.5. The van der Waals surface area contributed by atoms with Crippen molar-refractivity contribution in [3.05, 3.63) is 29.8 Å². The van der Waals surface area contributed by atoms with E-state index in [0.717, 1.165) is 31.7 Å². The average Bonchev–Trinajstić information content (AvgIpc) is 3.24. The molecule has 0 radical (unpaired) electrons. The van der Waals surface area contributed by atoms with Gasteiger partial charge in [0.05, 0.1) is 24.5 Å². The minimum Gasteiger partial charge on any atom is -0.474 e. The molecule has 9 heteroatoms. The van der Waals surface area contributed by atoms with Crippen LogP contribution in [-0.2, 0) is 24.9 Å². The average molecular weight is 386 g/mol. The number of rotatable bonds is 4. The fourth-order valence-corrected chi connectivity index (χ4v) is 3.62. The number of likely N-dealkylation sites (tertiary alicyclic amines) is 1. The molecule has 0 unspecified atom stereocenters. The fraction of sp³-hybridized carbons (Fsp3) is 0.579. The van der Waals surface area contributed by atoms with Gasteiger partial charge in [-0.25, -0.2) is 14.8 Å². The molecule has 9 nitrogen and oxygen atoms in total. The second-order valence-electron chi connectivity index (χ2n) is 7.55. The Kier molecular flexibility index (Phi) is 5.06. The van der Waals surface area contributed by atoms with Crippen molar-refractivity contribution in [3.8, 4) is 5.88 Å². The highest BCUT2D eigenvalue weighted by Crippen LogP contribution is 2.28. The van der Waals surface area contributed by atoms with E-state index in [1.54, 1.807) is 11.2 Å². The van der Waals surface area contributed by atoms with Gasteiger partial charge < -0.3 is 19.3 Å². The van der Waals surface area contributed by atoms with E-state index < -0.39 is 0 Å². The van der Waals surface area contributed by atoms with Gasteiger partial charge in [-0.1, -0.05) is 0 Å². The van der Waals surface area contributed by atoms with Gasteiger partial charge in [0, 0.05) is 51.2 Å². The van der Waals surface area contributed by atoms with Crippen LogP contribution in [0.25, 0.3) is 0 Å². The maximum Gasteiger partial charge on any atom is 0.410 e. The number of ether oxygens (including phenoxy) is 2. The minimum absolute atomic E-state index is 0.0332. The van der Waals surface area contributed by atoms with E-state index >= 15 is 0 Å². The first-order chi connectivity index (χ1) is 13.5. The van der Waals surface area contributed by atoms with E-state index in [1.165, 1.54) is 11.3 Å². The second-order valence-corrected chi connectivity index (χ2v) is 7.55.